The molecule has 0 bridgehead atoms. The van der Waals surface area contributed by atoms with E-state index in [9.17, 15) is 4.79 Å². The van der Waals surface area contributed by atoms with Gasteiger partial charge in [-0.05, 0) is 48.6 Å². The standard InChI is InChI=1S/C22H26N2O3S/c25-21(18-6-8-20(9-7-18)27-19-4-2-1-3-5-19)23-16-22(10-15-28-17-22)24-11-13-26-14-12-24/h1-9H,10-17H2,(H,23,25). The lowest BCUT2D eigenvalue weighted by atomic mass is 9.95. The van der Waals surface area contributed by atoms with Gasteiger partial charge >= 0.3 is 0 Å². The Morgan fingerprint density at radius 2 is 1.79 bits per heavy atom. The molecule has 0 aliphatic carbocycles. The Labute approximate surface area is 170 Å². The van der Waals surface area contributed by atoms with Gasteiger partial charge in [-0.3, -0.25) is 9.69 Å². The lowest BCUT2D eigenvalue weighted by molar-refractivity contribution is -0.0129. The van der Waals surface area contributed by atoms with Gasteiger partial charge in [-0.15, -0.1) is 0 Å². The molecule has 0 spiro atoms. The van der Waals surface area contributed by atoms with Crippen LogP contribution in [0.15, 0.2) is 54.6 Å². The molecule has 2 aromatic rings. The predicted octanol–water partition coefficient (Wildman–Crippen LogP) is 3.42. The highest BCUT2D eigenvalue weighted by atomic mass is 32.2. The molecule has 2 fully saturated rings. The quantitative estimate of drug-likeness (QED) is 0.808. The molecule has 2 aromatic carbocycles. The second kappa shape index (κ2) is 8.99. The first-order chi connectivity index (χ1) is 13.8. The van der Waals surface area contributed by atoms with Crippen LogP contribution >= 0.6 is 11.8 Å². The summed E-state index contributed by atoms with van der Waals surface area (Å²) in [5.41, 5.74) is 0.712. The molecule has 0 radical (unpaired) electrons. The number of carbonyl (C=O) groups excluding carboxylic acids is 1. The van der Waals surface area contributed by atoms with Crippen LogP contribution in [0, 0.1) is 0 Å². The van der Waals surface area contributed by atoms with Crippen LogP contribution in [0.2, 0.25) is 0 Å². The molecule has 2 aliphatic heterocycles. The average molecular weight is 399 g/mol. The number of nitrogens with one attached hydrogen (secondary N) is 1. The summed E-state index contributed by atoms with van der Waals surface area (Å²) in [4.78, 5) is 15.2. The second-order valence-electron chi connectivity index (χ2n) is 7.25. The van der Waals surface area contributed by atoms with Crippen LogP contribution in [-0.4, -0.2) is 60.7 Å². The number of carbonyl (C=O) groups is 1. The SMILES string of the molecule is O=C(NCC1(N2CCOCC2)CCSC1)c1ccc(Oc2ccccc2)cc1. The first-order valence-corrected chi connectivity index (χ1v) is 10.9. The molecule has 1 amide bonds. The summed E-state index contributed by atoms with van der Waals surface area (Å²) >= 11 is 1.97. The minimum Gasteiger partial charge on any atom is -0.457 e. The fourth-order valence-electron chi connectivity index (χ4n) is 3.78. The third-order valence-electron chi connectivity index (χ3n) is 5.44. The molecular formula is C22H26N2O3S. The number of para-hydroxylation sites is 1. The van der Waals surface area contributed by atoms with Gasteiger partial charge in [0.05, 0.1) is 13.2 Å². The first kappa shape index (κ1) is 19.3. The molecule has 1 atom stereocenters. The molecule has 2 aliphatic rings. The Kier molecular flexibility index (Phi) is 6.20. The Morgan fingerprint density at radius 1 is 1.07 bits per heavy atom. The summed E-state index contributed by atoms with van der Waals surface area (Å²) in [5, 5.41) is 3.17. The molecule has 2 heterocycles. The van der Waals surface area contributed by atoms with E-state index in [2.05, 4.69) is 10.2 Å². The maximum Gasteiger partial charge on any atom is 0.251 e. The minimum absolute atomic E-state index is 0.0317. The van der Waals surface area contributed by atoms with Crippen LogP contribution in [0.5, 0.6) is 11.5 Å². The highest BCUT2D eigenvalue weighted by Crippen LogP contribution is 2.33. The van der Waals surface area contributed by atoms with Crippen molar-refractivity contribution >= 4 is 17.7 Å². The van der Waals surface area contributed by atoms with Crippen LogP contribution < -0.4 is 10.1 Å². The zero-order chi connectivity index (χ0) is 19.2. The van der Waals surface area contributed by atoms with Crippen LogP contribution in [0.3, 0.4) is 0 Å². The molecular weight excluding hydrogens is 372 g/mol. The van der Waals surface area contributed by atoms with Gasteiger partial charge in [0.15, 0.2) is 0 Å². The molecule has 148 valence electrons. The number of benzene rings is 2. The number of amides is 1. The van der Waals surface area contributed by atoms with Gasteiger partial charge in [-0.1, -0.05) is 18.2 Å². The highest BCUT2D eigenvalue weighted by Gasteiger charge is 2.40. The molecule has 2 saturated heterocycles. The van der Waals surface area contributed by atoms with Gasteiger partial charge in [0, 0.05) is 36.5 Å². The number of thioether (sulfide) groups is 1. The fraction of sp³-hybridized carbons (Fsp3) is 0.409. The maximum atomic E-state index is 12.7. The predicted molar refractivity (Wildman–Crippen MR) is 112 cm³/mol. The number of hydrogen-bond acceptors (Lipinski definition) is 5. The van der Waals surface area contributed by atoms with Gasteiger partial charge in [0.25, 0.3) is 5.91 Å². The number of morpholine rings is 1. The van der Waals surface area contributed by atoms with Crippen LogP contribution in [-0.2, 0) is 4.74 Å². The van der Waals surface area contributed by atoms with E-state index in [1.165, 1.54) is 0 Å². The summed E-state index contributed by atoms with van der Waals surface area (Å²) in [5.74, 6) is 3.69. The molecule has 1 N–H and O–H groups in total. The van der Waals surface area contributed by atoms with Crippen molar-refractivity contribution in [3.63, 3.8) is 0 Å². The molecule has 5 nitrogen and oxygen atoms in total. The van der Waals surface area contributed by atoms with E-state index in [1.807, 2.05) is 66.4 Å². The zero-order valence-electron chi connectivity index (χ0n) is 15.9. The largest absolute Gasteiger partial charge is 0.457 e. The van der Waals surface area contributed by atoms with Crippen molar-refractivity contribution in [3.05, 3.63) is 60.2 Å². The smallest absolute Gasteiger partial charge is 0.251 e. The third-order valence-corrected chi connectivity index (χ3v) is 6.67. The summed E-state index contributed by atoms with van der Waals surface area (Å²) in [6.45, 7) is 4.14. The van der Waals surface area contributed by atoms with Crippen molar-refractivity contribution in [1.82, 2.24) is 10.2 Å². The van der Waals surface area contributed by atoms with E-state index in [4.69, 9.17) is 9.47 Å². The molecule has 6 heteroatoms. The Morgan fingerprint density at radius 3 is 2.46 bits per heavy atom. The Balaban J connectivity index is 1.36. The third kappa shape index (κ3) is 4.51. The average Bonchev–Trinajstić information content (AvgIpc) is 3.24. The van der Waals surface area contributed by atoms with Gasteiger partial charge in [-0.2, -0.15) is 11.8 Å². The van der Waals surface area contributed by atoms with E-state index in [-0.39, 0.29) is 11.4 Å². The number of nitrogens with zero attached hydrogens (tertiary/aromatic N) is 1. The van der Waals surface area contributed by atoms with Crippen molar-refractivity contribution in [1.29, 1.82) is 0 Å². The van der Waals surface area contributed by atoms with Crippen LogP contribution in [0.1, 0.15) is 16.8 Å². The molecule has 0 saturated carbocycles. The number of rotatable bonds is 6. The second-order valence-corrected chi connectivity index (χ2v) is 8.35. The summed E-state index contributed by atoms with van der Waals surface area (Å²) < 4.78 is 11.3. The van der Waals surface area contributed by atoms with Crippen LogP contribution in [0.25, 0.3) is 0 Å². The number of hydrogen-bond donors (Lipinski definition) is 1. The van der Waals surface area contributed by atoms with Crippen LogP contribution in [0.4, 0.5) is 0 Å². The molecule has 4 rings (SSSR count). The summed E-state index contributed by atoms with van der Waals surface area (Å²) in [6, 6.07) is 16.9. The van der Waals surface area contributed by atoms with Crippen molar-refractivity contribution in [3.8, 4) is 11.5 Å². The molecule has 0 aromatic heterocycles. The Hall–Kier alpha value is -2.02. The normalized spacial score (nSPS) is 22.7. The van der Waals surface area contributed by atoms with Crippen molar-refractivity contribution in [2.45, 2.75) is 12.0 Å². The fourth-order valence-corrected chi connectivity index (χ4v) is 5.26. The van der Waals surface area contributed by atoms with E-state index in [0.29, 0.717) is 12.1 Å². The van der Waals surface area contributed by atoms with Crippen molar-refractivity contribution < 1.29 is 14.3 Å². The van der Waals surface area contributed by atoms with Gasteiger partial charge in [-0.25, -0.2) is 0 Å². The van der Waals surface area contributed by atoms with E-state index in [1.54, 1.807) is 0 Å². The zero-order valence-corrected chi connectivity index (χ0v) is 16.7. The van der Waals surface area contributed by atoms with E-state index < -0.39 is 0 Å². The van der Waals surface area contributed by atoms with Gasteiger partial charge in [0.2, 0.25) is 0 Å². The van der Waals surface area contributed by atoms with Gasteiger partial charge in [0.1, 0.15) is 11.5 Å². The minimum atomic E-state index is -0.0317. The van der Waals surface area contributed by atoms with E-state index >= 15 is 0 Å². The maximum absolute atomic E-state index is 12.7. The van der Waals surface area contributed by atoms with Gasteiger partial charge < -0.3 is 14.8 Å². The lowest BCUT2D eigenvalue weighted by Gasteiger charge is -2.43. The summed E-state index contributed by atoms with van der Waals surface area (Å²) in [6.07, 6.45) is 1.11. The highest BCUT2D eigenvalue weighted by molar-refractivity contribution is 7.99. The molecule has 28 heavy (non-hydrogen) atoms. The molecule has 1 unspecified atom stereocenters. The topological polar surface area (TPSA) is 50.8 Å². The lowest BCUT2D eigenvalue weighted by Crippen LogP contribution is -2.59. The van der Waals surface area contributed by atoms with Crippen molar-refractivity contribution in [2.75, 3.05) is 44.4 Å². The summed E-state index contributed by atoms with van der Waals surface area (Å²) in [7, 11) is 0. The first-order valence-electron chi connectivity index (χ1n) is 9.77. The van der Waals surface area contributed by atoms with E-state index in [0.717, 1.165) is 55.7 Å². The Bertz CT molecular complexity index is 770. The number of ether oxygens (including phenoxy) is 2. The van der Waals surface area contributed by atoms with Crippen molar-refractivity contribution in [2.24, 2.45) is 0 Å². The monoisotopic (exact) mass is 398 g/mol.